The summed E-state index contributed by atoms with van der Waals surface area (Å²) in [6.07, 6.45) is 0. The third-order valence-corrected chi connectivity index (χ3v) is 1.95. The van der Waals surface area contributed by atoms with Gasteiger partial charge in [0, 0.05) is 0 Å². The van der Waals surface area contributed by atoms with Gasteiger partial charge in [-0.25, -0.2) is 33.7 Å². The Kier molecular flexibility index (Phi) is 3.23. The first-order valence-corrected chi connectivity index (χ1v) is 5.04. The molecule has 0 heterocycles. The summed E-state index contributed by atoms with van der Waals surface area (Å²) in [5.74, 6) is -3.57. The first-order chi connectivity index (χ1) is 6.86. The minimum Gasteiger partial charge on any atom is -0.475 e. The molecule has 1 nitrogen and oxygen atoms in total. The molecule has 1 rings (SSSR count). The molecule has 0 aliphatic carbocycles. The quantitative estimate of drug-likeness (QED) is 0.275. The Morgan fingerprint density at radius 2 is 1.07 bits per heavy atom. The van der Waals surface area contributed by atoms with Crippen molar-refractivity contribution in [2.45, 2.75) is 0 Å². The van der Waals surface area contributed by atoms with Crippen LogP contribution in [0.15, 0.2) is 0 Å². The third-order valence-electron chi connectivity index (χ3n) is 1.46. The largest absolute Gasteiger partial charge is 0.475 e. The van der Waals surface area contributed by atoms with Crippen LogP contribution in [0, 0.1) is 29.1 Å². The topological polar surface area (TPSA) is 12.0 Å². The Labute approximate surface area is 84.2 Å². The highest BCUT2D eigenvalue weighted by molar-refractivity contribution is 7.92. The Morgan fingerprint density at radius 3 is 1.40 bits per heavy atom. The van der Waals surface area contributed by atoms with Crippen molar-refractivity contribution in [2.75, 3.05) is 4.72 Å². The second kappa shape index (κ2) is 4.09. The van der Waals surface area contributed by atoms with E-state index in [0.29, 0.717) is 0 Å². The summed E-state index contributed by atoms with van der Waals surface area (Å²) in [6.45, 7) is 0. The van der Waals surface area contributed by atoms with Crippen LogP contribution in [0.5, 0.6) is 0 Å². The summed E-state index contributed by atoms with van der Waals surface area (Å²) >= 11 is 0. The molecule has 15 heavy (non-hydrogen) atoms. The van der Waals surface area contributed by atoms with E-state index in [1.807, 2.05) is 4.72 Å². The van der Waals surface area contributed by atoms with E-state index in [4.69, 9.17) is 0 Å². The summed E-state index contributed by atoms with van der Waals surface area (Å²) in [5.41, 5.74) is -1.11. The summed E-state index contributed by atoms with van der Waals surface area (Å²) in [6, 6.07) is 0. The lowest BCUT2D eigenvalue weighted by atomic mass is 10.2. The van der Waals surface area contributed by atoms with Crippen LogP contribution < -0.4 is 4.72 Å². The number of rotatable bonds is 2. The van der Waals surface area contributed by atoms with Gasteiger partial charge in [-0.1, -0.05) is 0 Å². The summed E-state index contributed by atoms with van der Waals surface area (Å²) in [5, 5.41) is 0. The number of benzene rings is 1. The van der Waals surface area contributed by atoms with Gasteiger partial charge < -0.3 is 15.0 Å². The van der Waals surface area contributed by atoms with Crippen LogP contribution in [0.1, 0.15) is 0 Å². The van der Waals surface area contributed by atoms with Gasteiger partial charge in [0.25, 0.3) is 0 Å². The predicted molar refractivity (Wildman–Crippen MR) is 51.5 cm³/mol. The fraction of sp³-hybridized carbons (Fsp3) is 0. The maximum atomic E-state index is 12.9. The smallest absolute Gasteiger partial charge is 0.200 e. The molecule has 0 amide bonds. The standard InChI is InChI=1S/C8H5F5NS/c1-15(2)14-8-6(12)4(10)3(9)5(11)7(8)13/h14H,1-2H2/q-1. The number of halogens is 5. The van der Waals surface area contributed by atoms with Gasteiger partial charge in [0.05, 0.1) is 5.69 Å². The minimum absolute atomic E-state index is 1.11. The molecule has 7 heteroatoms. The molecule has 0 spiro atoms. The van der Waals surface area contributed by atoms with E-state index in [1.165, 1.54) is 0 Å². The molecule has 0 fully saturated rings. The lowest BCUT2D eigenvalue weighted by Gasteiger charge is -2.15. The maximum absolute atomic E-state index is 12.9. The van der Waals surface area contributed by atoms with Crippen LogP contribution in [0.3, 0.4) is 0 Å². The molecule has 0 atom stereocenters. The molecule has 84 valence electrons. The van der Waals surface area contributed by atoms with Gasteiger partial charge in [-0.2, -0.15) is 0 Å². The van der Waals surface area contributed by atoms with Gasteiger partial charge in [0.2, 0.25) is 5.82 Å². The van der Waals surface area contributed by atoms with Gasteiger partial charge in [-0.05, 0) is 0 Å². The third kappa shape index (κ3) is 2.06. The normalized spacial score (nSPS) is 10.8. The summed E-state index contributed by atoms with van der Waals surface area (Å²) in [4.78, 5) is 0. The number of anilines is 1. The molecule has 0 aliphatic rings. The second-order valence-electron chi connectivity index (χ2n) is 2.54. The highest BCUT2D eigenvalue weighted by Crippen LogP contribution is 2.26. The van der Waals surface area contributed by atoms with E-state index in [2.05, 4.69) is 11.7 Å². The molecule has 0 bridgehead atoms. The highest BCUT2D eigenvalue weighted by atomic mass is 32.2. The van der Waals surface area contributed by atoms with Gasteiger partial charge in [-0.3, -0.25) is 0 Å². The Morgan fingerprint density at radius 1 is 0.733 bits per heavy atom. The summed E-state index contributed by atoms with van der Waals surface area (Å²) < 4.78 is 65.6. The second-order valence-corrected chi connectivity index (χ2v) is 3.73. The van der Waals surface area contributed by atoms with Crippen molar-refractivity contribution in [3.05, 3.63) is 29.1 Å². The minimum atomic E-state index is -2.19. The van der Waals surface area contributed by atoms with E-state index in [0.717, 1.165) is 0 Å². The molecular formula is C8H5F5NS-. The van der Waals surface area contributed by atoms with Crippen molar-refractivity contribution >= 4 is 27.7 Å². The molecule has 1 aromatic carbocycles. The van der Waals surface area contributed by atoms with Crippen molar-refractivity contribution < 1.29 is 22.0 Å². The monoisotopic (exact) mass is 242 g/mol. The molecule has 1 aromatic rings. The van der Waals surface area contributed by atoms with Gasteiger partial charge in [-0.15, -0.1) is 0 Å². The van der Waals surface area contributed by atoms with Crippen LogP contribution in [-0.2, 0) is 10.3 Å². The van der Waals surface area contributed by atoms with Crippen LogP contribution in [0.25, 0.3) is 0 Å². The van der Waals surface area contributed by atoms with E-state index in [1.54, 1.807) is 0 Å². The van der Waals surface area contributed by atoms with Crippen LogP contribution in [-0.4, -0.2) is 11.7 Å². The molecule has 0 aromatic heterocycles. The van der Waals surface area contributed by atoms with Crippen molar-refractivity contribution in [2.24, 2.45) is 0 Å². The number of hydrogen-bond acceptors (Lipinski definition) is 2. The first kappa shape index (κ1) is 11.8. The first-order valence-electron chi connectivity index (χ1n) is 3.48. The van der Waals surface area contributed by atoms with Crippen LogP contribution in [0.2, 0.25) is 0 Å². The Bertz CT molecular complexity index is 443. The van der Waals surface area contributed by atoms with Crippen molar-refractivity contribution in [1.29, 1.82) is 0 Å². The van der Waals surface area contributed by atoms with E-state index < -0.39 is 45.0 Å². The van der Waals surface area contributed by atoms with Gasteiger partial charge in [0.1, 0.15) is 0 Å². The molecule has 0 radical (unpaired) electrons. The molecule has 1 N–H and O–H groups in total. The van der Waals surface area contributed by atoms with E-state index in [-0.39, 0.29) is 0 Å². The Hall–Kier alpha value is -1.24. The molecule has 0 aliphatic heterocycles. The zero-order valence-corrected chi connectivity index (χ0v) is 8.03. The average Bonchev–Trinajstić information content (AvgIpc) is 2.18. The van der Waals surface area contributed by atoms with E-state index in [9.17, 15) is 22.0 Å². The fourth-order valence-corrected chi connectivity index (χ4v) is 1.31. The highest BCUT2D eigenvalue weighted by Gasteiger charge is 2.24. The van der Waals surface area contributed by atoms with E-state index >= 15 is 0 Å². The van der Waals surface area contributed by atoms with Crippen molar-refractivity contribution in [3.8, 4) is 0 Å². The van der Waals surface area contributed by atoms with Gasteiger partial charge in [0.15, 0.2) is 23.3 Å². The number of hydrogen-bond donors (Lipinski definition) is 1. The molecule has 0 unspecified atom stereocenters. The van der Waals surface area contributed by atoms with Crippen molar-refractivity contribution in [3.63, 3.8) is 0 Å². The predicted octanol–water partition coefficient (Wildman–Crippen LogP) is 2.19. The fourth-order valence-electron chi connectivity index (χ4n) is 0.839. The van der Waals surface area contributed by atoms with Crippen LogP contribution >= 0.6 is 0 Å². The number of nitrogens with one attached hydrogen (secondary N) is 1. The maximum Gasteiger partial charge on any atom is 0.200 e. The molecular weight excluding hydrogens is 237 g/mol. The van der Waals surface area contributed by atoms with Crippen molar-refractivity contribution in [1.82, 2.24) is 0 Å². The summed E-state index contributed by atoms with van der Waals surface area (Å²) in [7, 11) is -1.20. The molecule has 0 saturated carbocycles. The average molecular weight is 242 g/mol. The van der Waals surface area contributed by atoms with Crippen LogP contribution in [0.4, 0.5) is 27.6 Å². The Balaban J connectivity index is 3.52. The zero-order valence-electron chi connectivity index (χ0n) is 7.21. The lowest BCUT2D eigenvalue weighted by molar-refractivity contribution is 0.382. The van der Waals surface area contributed by atoms with Gasteiger partial charge >= 0.3 is 0 Å². The SMILES string of the molecule is C=[S-](=C)Nc1c(F)c(F)c(F)c(F)c1F. The molecule has 0 saturated heterocycles. The zero-order chi connectivity index (χ0) is 11.7. The lowest BCUT2D eigenvalue weighted by Crippen LogP contribution is -2.08.